The van der Waals surface area contributed by atoms with Crippen molar-refractivity contribution < 1.29 is 14.3 Å². The van der Waals surface area contributed by atoms with E-state index in [-0.39, 0.29) is 11.9 Å². The zero-order chi connectivity index (χ0) is 12.4. The molecule has 0 rings (SSSR count). The molecule has 0 aliphatic carbocycles. The SMILES string of the molecule is C=CC(=O)NCCCCOC(=O)CC(C)C. The highest BCUT2D eigenvalue weighted by Crippen LogP contribution is 2.01. The van der Waals surface area contributed by atoms with Crippen LogP contribution in [0.1, 0.15) is 33.1 Å². The van der Waals surface area contributed by atoms with Gasteiger partial charge in [0.15, 0.2) is 0 Å². The van der Waals surface area contributed by atoms with Crippen LogP contribution in [-0.4, -0.2) is 25.0 Å². The summed E-state index contributed by atoms with van der Waals surface area (Å²) in [5.41, 5.74) is 0. The van der Waals surface area contributed by atoms with Crippen LogP contribution >= 0.6 is 0 Å². The average molecular weight is 227 g/mol. The van der Waals surface area contributed by atoms with E-state index in [0.717, 1.165) is 12.8 Å². The van der Waals surface area contributed by atoms with Crippen molar-refractivity contribution in [2.45, 2.75) is 33.1 Å². The molecule has 92 valence electrons. The molecular weight excluding hydrogens is 206 g/mol. The summed E-state index contributed by atoms with van der Waals surface area (Å²) in [5.74, 6) is 0.0151. The van der Waals surface area contributed by atoms with Crippen LogP contribution in [0.4, 0.5) is 0 Å². The van der Waals surface area contributed by atoms with Crippen molar-refractivity contribution in [2.24, 2.45) is 5.92 Å². The fourth-order valence-corrected chi connectivity index (χ4v) is 1.09. The second-order valence-corrected chi connectivity index (χ2v) is 4.02. The van der Waals surface area contributed by atoms with Gasteiger partial charge in [-0.25, -0.2) is 0 Å². The number of amides is 1. The van der Waals surface area contributed by atoms with Gasteiger partial charge < -0.3 is 10.1 Å². The van der Waals surface area contributed by atoms with Gasteiger partial charge in [-0.15, -0.1) is 0 Å². The van der Waals surface area contributed by atoms with E-state index in [0.29, 0.717) is 25.5 Å². The van der Waals surface area contributed by atoms with Gasteiger partial charge in [-0.1, -0.05) is 20.4 Å². The van der Waals surface area contributed by atoms with Crippen LogP contribution in [0.5, 0.6) is 0 Å². The van der Waals surface area contributed by atoms with Crippen LogP contribution in [0.15, 0.2) is 12.7 Å². The summed E-state index contributed by atoms with van der Waals surface area (Å²) in [6.45, 7) is 8.32. The topological polar surface area (TPSA) is 55.4 Å². The highest BCUT2D eigenvalue weighted by molar-refractivity contribution is 5.86. The third kappa shape index (κ3) is 9.24. The monoisotopic (exact) mass is 227 g/mol. The maximum absolute atomic E-state index is 11.1. The number of carbonyl (C=O) groups excluding carboxylic acids is 2. The Labute approximate surface area is 97.1 Å². The van der Waals surface area contributed by atoms with Crippen LogP contribution in [0.3, 0.4) is 0 Å². The molecular formula is C12H21NO3. The Morgan fingerprint density at radius 1 is 1.38 bits per heavy atom. The van der Waals surface area contributed by atoms with Crippen molar-refractivity contribution in [3.8, 4) is 0 Å². The van der Waals surface area contributed by atoms with Crippen LogP contribution < -0.4 is 5.32 Å². The molecule has 0 fully saturated rings. The van der Waals surface area contributed by atoms with Crippen LogP contribution in [0.25, 0.3) is 0 Å². The fraction of sp³-hybridized carbons (Fsp3) is 0.667. The quantitative estimate of drug-likeness (QED) is 0.390. The molecule has 0 saturated heterocycles. The molecule has 0 aromatic carbocycles. The Morgan fingerprint density at radius 2 is 2.06 bits per heavy atom. The number of unbranched alkanes of at least 4 members (excludes halogenated alkanes) is 1. The van der Waals surface area contributed by atoms with Gasteiger partial charge in [-0.05, 0) is 24.8 Å². The van der Waals surface area contributed by atoms with Crippen molar-refractivity contribution in [2.75, 3.05) is 13.2 Å². The fourth-order valence-electron chi connectivity index (χ4n) is 1.09. The molecule has 1 amide bonds. The maximum Gasteiger partial charge on any atom is 0.306 e. The number of esters is 1. The minimum Gasteiger partial charge on any atom is -0.466 e. The molecule has 0 aromatic heterocycles. The molecule has 0 saturated carbocycles. The van der Waals surface area contributed by atoms with Crippen LogP contribution in [0.2, 0.25) is 0 Å². The summed E-state index contributed by atoms with van der Waals surface area (Å²) in [6, 6.07) is 0. The molecule has 16 heavy (non-hydrogen) atoms. The molecule has 4 nitrogen and oxygen atoms in total. The molecule has 0 aliphatic rings. The lowest BCUT2D eigenvalue weighted by Crippen LogP contribution is -2.22. The van der Waals surface area contributed by atoms with Crippen molar-refractivity contribution in [1.82, 2.24) is 5.32 Å². The standard InChI is InChI=1S/C12H21NO3/c1-4-11(14)13-7-5-6-8-16-12(15)9-10(2)3/h4,10H,1,5-9H2,2-3H3,(H,13,14). The Morgan fingerprint density at radius 3 is 2.62 bits per heavy atom. The van der Waals surface area contributed by atoms with E-state index in [1.807, 2.05) is 13.8 Å². The Balaban J connectivity index is 3.30. The molecule has 0 bridgehead atoms. The third-order valence-electron chi connectivity index (χ3n) is 1.89. The predicted octanol–water partition coefficient (Wildman–Crippen LogP) is 1.66. The third-order valence-corrected chi connectivity index (χ3v) is 1.89. The summed E-state index contributed by atoms with van der Waals surface area (Å²) < 4.78 is 5.01. The average Bonchev–Trinajstić information content (AvgIpc) is 2.21. The molecule has 4 heteroatoms. The number of ether oxygens (including phenoxy) is 1. The lowest BCUT2D eigenvalue weighted by molar-refractivity contribution is -0.144. The zero-order valence-corrected chi connectivity index (χ0v) is 10.1. The van der Waals surface area contributed by atoms with Crippen molar-refractivity contribution in [3.63, 3.8) is 0 Å². The number of nitrogens with one attached hydrogen (secondary N) is 1. The van der Waals surface area contributed by atoms with E-state index in [9.17, 15) is 9.59 Å². The van der Waals surface area contributed by atoms with Gasteiger partial charge >= 0.3 is 5.97 Å². The summed E-state index contributed by atoms with van der Waals surface area (Å²) >= 11 is 0. The second kappa shape index (κ2) is 8.95. The van der Waals surface area contributed by atoms with Crippen molar-refractivity contribution in [3.05, 3.63) is 12.7 Å². The number of carbonyl (C=O) groups is 2. The number of hydrogen-bond donors (Lipinski definition) is 1. The van der Waals surface area contributed by atoms with Gasteiger partial charge in [0.25, 0.3) is 0 Å². The Kier molecular flexibility index (Phi) is 8.21. The molecule has 0 aromatic rings. The van der Waals surface area contributed by atoms with Gasteiger partial charge in [-0.3, -0.25) is 9.59 Å². The highest BCUT2D eigenvalue weighted by Gasteiger charge is 2.05. The zero-order valence-electron chi connectivity index (χ0n) is 10.1. The normalized spacial score (nSPS) is 9.94. The molecule has 0 aliphatic heterocycles. The summed E-state index contributed by atoms with van der Waals surface area (Å²) in [6.07, 6.45) is 3.27. The second-order valence-electron chi connectivity index (χ2n) is 4.02. The van der Waals surface area contributed by atoms with Gasteiger partial charge in [0, 0.05) is 13.0 Å². The molecule has 0 unspecified atom stereocenters. The smallest absolute Gasteiger partial charge is 0.306 e. The van der Waals surface area contributed by atoms with Crippen molar-refractivity contribution in [1.29, 1.82) is 0 Å². The van der Waals surface area contributed by atoms with Gasteiger partial charge in [0.2, 0.25) is 5.91 Å². The first-order chi connectivity index (χ1) is 7.56. The summed E-state index contributed by atoms with van der Waals surface area (Å²) in [4.78, 5) is 21.9. The molecule has 0 heterocycles. The molecule has 0 atom stereocenters. The van der Waals surface area contributed by atoms with Gasteiger partial charge in [-0.2, -0.15) is 0 Å². The van der Waals surface area contributed by atoms with E-state index in [4.69, 9.17) is 4.74 Å². The van der Waals surface area contributed by atoms with Gasteiger partial charge in [0.1, 0.15) is 0 Å². The van der Waals surface area contributed by atoms with E-state index in [1.54, 1.807) is 0 Å². The van der Waals surface area contributed by atoms with E-state index in [2.05, 4.69) is 11.9 Å². The van der Waals surface area contributed by atoms with Crippen LogP contribution in [-0.2, 0) is 14.3 Å². The predicted molar refractivity (Wildman–Crippen MR) is 62.9 cm³/mol. The summed E-state index contributed by atoms with van der Waals surface area (Å²) in [7, 11) is 0. The molecule has 0 radical (unpaired) electrons. The van der Waals surface area contributed by atoms with E-state index in [1.165, 1.54) is 6.08 Å². The highest BCUT2D eigenvalue weighted by atomic mass is 16.5. The lowest BCUT2D eigenvalue weighted by Gasteiger charge is -2.06. The van der Waals surface area contributed by atoms with Gasteiger partial charge in [0.05, 0.1) is 6.61 Å². The molecule has 1 N–H and O–H groups in total. The number of hydrogen-bond acceptors (Lipinski definition) is 3. The lowest BCUT2D eigenvalue weighted by atomic mass is 10.1. The van der Waals surface area contributed by atoms with Crippen molar-refractivity contribution >= 4 is 11.9 Å². The first-order valence-corrected chi connectivity index (χ1v) is 5.62. The minimum atomic E-state index is -0.170. The first-order valence-electron chi connectivity index (χ1n) is 5.62. The van der Waals surface area contributed by atoms with Crippen LogP contribution in [0, 0.1) is 5.92 Å². The Bertz CT molecular complexity index is 236. The number of rotatable bonds is 8. The Hall–Kier alpha value is -1.32. The first kappa shape index (κ1) is 14.7. The largest absolute Gasteiger partial charge is 0.466 e. The maximum atomic E-state index is 11.1. The van der Waals surface area contributed by atoms with E-state index >= 15 is 0 Å². The summed E-state index contributed by atoms with van der Waals surface area (Å²) in [5, 5.41) is 2.66. The minimum absolute atomic E-state index is 0.148. The van der Waals surface area contributed by atoms with E-state index < -0.39 is 0 Å². The molecule has 0 spiro atoms.